The van der Waals surface area contributed by atoms with E-state index < -0.39 is 0 Å². The van der Waals surface area contributed by atoms with E-state index in [1.165, 1.54) is 0 Å². The molecular formula is C16H17N3O. The first-order valence-electron chi connectivity index (χ1n) is 6.71. The highest BCUT2D eigenvalue weighted by Gasteiger charge is 2.28. The van der Waals surface area contributed by atoms with E-state index in [0.717, 1.165) is 11.1 Å². The zero-order valence-corrected chi connectivity index (χ0v) is 11.1. The van der Waals surface area contributed by atoms with Crippen LogP contribution in [0.1, 0.15) is 17.2 Å². The largest absolute Gasteiger partial charge is 0.325 e. The summed E-state index contributed by atoms with van der Waals surface area (Å²) in [4.78, 5) is 14.0. The highest BCUT2D eigenvalue weighted by atomic mass is 16.2. The van der Waals surface area contributed by atoms with Gasteiger partial charge in [-0.05, 0) is 11.1 Å². The molecule has 0 unspecified atom stereocenters. The number of carbonyl (C=O) groups is 1. The van der Waals surface area contributed by atoms with Crippen molar-refractivity contribution >= 4 is 6.03 Å². The number of nitrogens with one attached hydrogen (secondary N) is 2. The third kappa shape index (κ3) is 2.51. The molecule has 0 bridgehead atoms. The molecule has 3 rings (SSSR count). The standard InChI is InChI=1S/C16H17N3O/c20-16-18-11-17-12-19(16)15(13-7-3-1-4-8-13)14-9-5-2-6-10-14/h1-10,15,17H,11-12H2,(H,18,20). The molecule has 0 radical (unpaired) electrons. The second kappa shape index (κ2) is 5.75. The molecule has 1 aliphatic heterocycles. The highest BCUT2D eigenvalue weighted by Crippen LogP contribution is 2.28. The van der Waals surface area contributed by atoms with Crippen molar-refractivity contribution in [2.45, 2.75) is 6.04 Å². The van der Waals surface area contributed by atoms with E-state index in [1.807, 2.05) is 41.3 Å². The molecule has 2 N–H and O–H groups in total. The first-order valence-corrected chi connectivity index (χ1v) is 6.71. The lowest BCUT2D eigenvalue weighted by atomic mass is 9.97. The maximum Gasteiger partial charge on any atom is 0.320 e. The van der Waals surface area contributed by atoms with Crippen LogP contribution in [0, 0.1) is 0 Å². The van der Waals surface area contributed by atoms with Gasteiger partial charge < -0.3 is 10.2 Å². The molecule has 1 aliphatic rings. The van der Waals surface area contributed by atoms with Crippen LogP contribution < -0.4 is 10.6 Å². The zero-order valence-electron chi connectivity index (χ0n) is 11.1. The quantitative estimate of drug-likeness (QED) is 0.896. The summed E-state index contributed by atoms with van der Waals surface area (Å²) in [5.74, 6) is 0. The Bertz CT molecular complexity index is 531. The summed E-state index contributed by atoms with van der Waals surface area (Å²) in [5.41, 5.74) is 2.22. The third-order valence-electron chi connectivity index (χ3n) is 3.45. The van der Waals surface area contributed by atoms with E-state index in [0.29, 0.717) is 13.3 Å². The van der Waals surface area contributed by atoms with Crippen LogP contribution in [0.5, 0.6) is 0 Å². The SMILES string of the molecule is O=C1NCNCN1C(c1ccccc1)c1ccccc1. The molecule has 4 heteroatoms. The normalized spacial score (nSPS) is 15.2. The van der Waals surface area contributed by atoms with Gasteiger partial charge in [-0.25, -0.2) is 4.79 Å². The number of amides is 2. The minimum atomic E-state index is -0.0785. The third-order valence-corrected chi connectivity index (χ3v) is 3.45. The van der Waals surface area contributed by atoms with Crippen LogP contribution in [-0.4, -0.2) is 24.3 Å². The molecule has 2 aromatic rings. The number of hydrogen-bond acceptors (Lipinski definition) is 2. The monoisotopic (exact) mass is 267 g/mol. The fraction of sp³-hybridized carbons (Fsp3) is 0.188. The van der Waals surface area contributed by atoms with Crippen LogP contribution in [0.2, 0.25) is 0 Å². The van der Waals surface area contributed by atoms with Gasteiger partial charge in [-0.2, -0.15) is 0 Å². The summed E-state index contributed by atoms with van der Waals surface area (Å²) < 4.78 is 0. The number of carbonyl (C=O) groups excluding carboxylic acids is 1. The molecule has 0 saturated carbocycles. The van der Waals surface area contributed by atoms with Crippen LogP contribution in [0.3, 0.4) is 0 Å². The maximum absolute atomic E-state index is 12.2. The molecule has 2 aromatic carbocycles. The Morgan fingerprint density at radius 1 is 0.900 bits per heavy atom. The molecule has 1 fully saturated rings. The Hall–Kier alpha value is -2.33. The van der Waals surface area contributed by atoms with Gasteiger partial charge in [-0.1, -0.05) is 60.7 Å². The number of urea groups is 1. The number of rotatable bonds is 3. The summed E-state index contributed by atoms with van der Waals surface area (Å²) in [5, 5.41) is 6.01. The molecule has 1 heterocycles. The fourth-order valence-corrected chi connectivity index (χ4v) is 2.52. The van der Waals surface area contributed by atoms with Crippen molar-refractivity contribution in [2.75, 3.05) is 13.3 Å². The van der Waals surface area contributed by atoms with Crippen LogP contribution in [0.4, 0.5) is 4.79 Å². The Kier molecular flexibility index (Phi) is 3.65. The minimum Gasteiger partial charge on any atom is -0.325 e. The van der Waals surface area contributed by atoms with E-state index in [9.17, 15) is 4.79 Å². The lowest BCUT2D eigenvalue weighted by Crippen LogP contribution is -2.55. The second-order valence-electron chi connectivity index (χ2n) is 4.76. The number of hydrogen-bond donors (Lipinski definition) is 2. The summed E-state index contributed by atoms with van der Waals surface area (Å²) in [6, 6.07) is 20.1. The molecule has 0 aromatic heterocycles. The van der Waals surface area contributed by atoms with Gasteiger partial charge in [0.1, 0.15) is 0 Å². The molecular weight excluding hydrogens is 250 g/mol. The molecule has 0 aliphatic carbocycles. The van der Waals surface area contributed by atoms with Crippen LogP contribution >= 0.6 is 0 Å². The lowest BCUT2D eigenvalue weighted by molar-refractivity contribution is 0.162. The van der Waals surface area contributed by atoms with Gasteiger partial charge in [0.2, 0.25) is 0 Å². The topological polar surface area (TPSA) is 44.4 Å². The highest BCUT2D eigenvalue weighted by molar-refractivity contribution is 5.75. The molecule has 0 atom stereocenters. The van der Waals surface area contributed by atoms with Crippen LogP contribution in [0.25, 0.3) is 0 Å². The summed E-state index contributed by atoms with van der Waals surface area (Å²) in [7, 11) is 0. The van der Waals surface area contributed by atoms with Crippen molar-refractivity contribution in [3.05, 3.63) is 71.8 Å². The van der Waals surface area contributed by atoms with E-state index >= 15 is 0 Å². The van der Waals surface area contributed by atoms with Gasteiger partial charge in [-0.3, -0.25) is 5.32 Å². The van der Waals surface area contributed by atoms with Crippen molar-refractivity contribution in [3.63, 3.8) is 0 Å². The van der Waals surface area contributed by atoms with E-state index in [2.05, 4.69) is 34.9 Å². The van der Waals surface area contributed by atoms with Crippen molar-refractivity contribution < 1.29 is 4.79 Å². The van der Waals surface area contributed by atoms with E-state index in [4.69, 9.17) is 0 Å². The van der Waals surface area contributed by atoms with Crippen molar-refractivity contribution in [3.8, 4) is 0 Å². The molecule has 0 spiro atoms. The second-order valence-corrected chi connectivity index (χ2v) is 4.76. The van der Waals surface area contributed by atoms with Gasteiger partial charge >= 0.3 is 6.03 Å². The average Bonchev–Trinajstić information content (AvgIpc) is 2.52. The molecule has 1 saturated heterocycles. The predicted octanol–water partition coefficient (Wildman–Crippen LogP) is 2.31. The van der Waals surface area contributed by atoms with Gasteiger partial charge in [0, 0.05) is 0 Å². The Morgan fingerprint density at radius 2 is 1.45 bits per heavy atom. The smallest absolute Gasteiger partial charge is 0.320 e. The molecule has 20 heavy (non-hydrogen) atoms. The average molecular weight is 267 g/mol. The zero-order chi connectivity index (χ0) is 13.8. The molecule has 102 valence electrons. The fourth-order valence-electron chi connectivity index (χ4n) is 2.52. The number of benzene rings is 2. The van der Waals surface area contributed by atoms with Crippen molar-refractivity contribution in [1.82, 2.24) is 15.5 Å². The first-order chi connectivity index (χ1) is 9.86. The Morgan fingerprint density at radius 3 is 1.95 bits per heavy atom. The summed E-state index contributed by atoms with van der Waals surface area (Å²) in [6.07, 6.45) is 0. The number of nitrogens with zero attached hydrogens (tertiary/aromatic N) is 1. The molecule has 4 nitrogen and oxygen atoms in total. The van der Waals surface area contributed by atoms with Crippen LogP contribution in [0.15, 0.2) is 60.7 Å². The minimum absolute atomic E-state index is 0.0403. The first kappa shape index (κ1) is 12.7. The summed E-state index contributed by atoms with van der Waals surface area (Å²) in [6.45, 7) is 1.06. The van der Waals surface area contributed by atoms with Crippen molar-refractivity contribution in [2.24, 2.45) is 0 Å². The summed E-state index contributed by atoms with van der Waals surface area (Å²) >= 11 is 0. The van der Waals surface area contributed by atoms with Crippen molar-refractivity contribution in [1.29, 1.82) is 0 Å². The van der Waals surface area contributed by atoms with Gasteiger partial charge in [0.15, 0.2) is 0 Å². The van der Waals surface area contributed by atoms with E-state index in [-0.39, 0.29) is 12.1 Å². The van der Waals surface area contributed by atoms with Gasteiger partial charge in [-0.15, -0.1) is 0 Å². The predicted molar refractivity (Wildman–Crippen MR) is 78.0 cm³/mol. The van der Waals surface area contributed by atoms with Crippen LogP contribution in [-0.2, 0) is 0 Å². The lowest BCUT2D eigenvalue weighted by Gasteiger charge is -2.35. The van der Waals surface area contributed by atoms with Gasteiger partial charge in [0.25, 0.3) is 0 Å². The maximum atomic E-state index is 12.2. The Labute approximate surface area is 118 Å². The molecule has 2 amide bonds. The van der Waals surface area contributed by atoms with Gasteiger partial charge in [0.05, 0.1) is 19.4 Å². The Balaban J connectivity index is 2.02. The van der Waals surface area contributed by atoms with E-state index in [1.54, 1.807) is 0 Å².